The number of aliphatic hydroxyl groups is 2. The van der Waals surface area contributed by atoms with Crippen LogP contribution in [0.2, 0.25) is 0 Å². The van der Waals surface area contributed by atoms with Crippen LogP contribution >= 0.6 is 0 Å². The fourth-order valence-corrected chi connectivity index (χ4v) is 9.12. The van der Waals surface area contributed by atoms with Crippen LogP contribution in [0.25, 0.3) is 0 Å². The molecule has 13 unspecified atom stereocenters. The van der Waals surface area contributed by atoms with E-state index in [4.69, 9.17) is 28.7 Å². The van der Waals surface area contributed by atoms with Gasteiger partial charge in [-0.05, 0) is 115 Å². The van der Waals surface area contributed by atoms with Crippen molar-refractivity contribution >= 4 is 65.0 Å². The lowest BCUT2D eigenvalue weighted by Crippen LogP contribution is -2.62. The predicted molar refractivity (Wildman–Crippen MR) is 316 cm³/mol. The van der Waals surface area contributed by atoms with E-state index in [0.29, 0.717) is 17.9 Å². The molecule has 1 aromatic carbocycles. The van der Waals surface area contributed by atoms with Gasteiger partial charge < -0.3 is 97.4 Å². The molecule has 0 radical (unpaired) electrons. The third-order valence-corrected chi connectivity index (χ3v) is 14.3. The van der Waals surface area contributed by atoms with E-state index < -0.39 is 151 Å². The molecule has 1 aliphatic heterocycles. The zero-order valence-electron chi connectivity index (χ0n) is 50.2. The average molecular weight is 1200 g/mol. The van der Waals surface area contributed by atoms with Gasteiger partial charge in [0, 0.05) is 19.4 Å². The van der Waals surface area contributed by atoms with Gasteiger partial charge in [-0.15, -0.1) is 0 Å². The highest BCUT2D eigenvalue weighted by molar-refractivity contribution is 5.99. The minimum Gasteiger partial charge on any atom is -0.391 e. The predicted octanol–water partition coefficient (Wildman–Crippen LogP) is -5.24. The molecule has 1 saturated heterocycles. The van der Waals surface area contributed by atoms with Crippen molar-refractivity contribution in [2.24, 2.45) is 40.5 Å². The lowest BCUT2D eigenvalue weighted by Gasteiger charge is -2.29. The van der Waals surface area contributed by atoms with Crippen LogP contribution in [0.1, 0.15) is 124 Å². The average Bonchev–Trinajstić information content (AvgIpc) is 3.67. The first-order chi connectivity index (χ1) is 40.3. The number of aliphatic hydroxyl groups excluding tert-OH is 2. The van der Waals surface area contributed by atoms with Crippen molar-refractivity contribution in [3.8, 4) is 0 Å². The normalized spacial score (nSPS) is 22.9. The van der Waals surface area contributed by atoms with Crippen LogP contribution in [0.5, 0.6) is 0 Å². The molecule has 0 saturated carbocycles. The van der Waals surface area contributed by atoms with Gasteiger partial charge in [0.15, 0.2) is 0 Å². The number of rotatable bonds is 29. The van der Waals surface area contributed by atoms with Crippen molar-refractivity contribution in [2.75, 3.05) is 39.3 Å². The second-order valence-electron chi connectivity index (χ2n) is 22.0. The van der Waals surface area contributed by atoms with Crippen molar-refractivity contribution < 1.29 is 63.0 Å². The van der Waals surface area contributed by atoms with Crippen LogP contribution in [0.4, 0.5) is 0 Å². The molecule has 0 aromatic heterocycles. The summed E-state index contributed by atoms with van der Waals surface area (Å²) in [6.07, 6.45) is -1.05. The highest BCUT2D eigenvalue weighted by Gasteiger charge is 2.37. The van der Waals surface area contributed by atoms with Gasteiger partial charge in [0.25, 0.3) is 0 Å². The Bertz CT molecular complexity index is 2320. The number of hydrogen-bond donors (Lipinski definition) is 18. The third kappa shape index (κ3) is 26.9. The minimum atomic E-state index is -1.70. The summed E-state index contributed by atoms with van der Waals surface area (Å²) >= 11 is 0. The number of benzene rings is 1. The lowest BCUT2D eigenvalue weighted by molar-refractivity contribution is -0.137. The van der Waals surface area contributed by atoms with E-state index in [2.05, 4.69) is 72.3 Å². The summed E-state index contributed by atoms with van der Waals surface area (Å²) in [4.78, 5) is 154. The van der Waals surface area contributed by atoms with E-state index >= 15 is 0 Å². The summed E-state index contributed by atoms with van der Waals surface area (Å²) in [5.41, 5.74) is 29.9. The maximum Gasteiger partial charge on any atom is 0.245 e. The molecule has 0 bridgehead atoms. The molecule has 0 aliphatic carbocycles. The largest absolute Gasteiger partial charge is 0.391 e. The van der Waals surface area contributed by atoms with E-state index in [-0.39, 0.29) is 90.0 Å². The highest BCUT2D eigenvalue weighted by Crippen LogP contribution is 2.14. The monoisotopic (exact) mass is 1200 g/mol. The van der Waals surface area contributed by atoms with Crippen molar-refractivity contribution in [1.82, 2.24) is 58.5 Å². The SMILES string of the molecule is CCC(C)CCCCC(=O)NC(CCN)C(=O)NC(C(=O)NC(CCN)C(=O)NC1CCNC(=O)C(C(C)O)NC(=O)C(CCN)NC(=O)C(CCN)NC(=O)C(CC(C)C)NC(=O)C(Cc2ccccc2)NC(=O)C(CCN)NC1=O)C(C)O. The molecule has 29 heteroatoms. The number of amides is 11. The molecule has 1 fully saturated rings. The quantitative estimate of drug-likeness (QED) is 0.0333. The van der Waals surface area contributed by atoms with E-state index in [9.17, 15) is 63.0 Å². The Labute approximate surface area is 498 Å². The number of carbonyl (C=O) groups excluding carboxylic acids is 11. The van der Waals surface area contributed by atoms with Gasteiger partial charge in [-0.2, -0.15) is 0 Å². The first-order valence-electron chi connectivity index (χ1n) is 29.5. The molecule has 480 valence electrons. The first kappa shape index (κ1) is 74.2. The summed E-state index contributed by atoms with van der Waals surface area (Å²) in [5, 5.41) is 49.7. The number of unbranched alkanes of at least 4 members (excludes halogenated alkanes) is 1. The molecule has 2 rings (SSSR count). The fourth-order valence-electron chi connectivity index (χ4n) is 9.12. The van der Waals surface area contributed by atoms with Crippen LogP contribution in [-0.4, -0.2) is 187 Å². The molecule has 23 N–H and O–H groups in total. The summed E-state index contributed by atoms with van der Waals surface area (Å²) in [7, 11) is 0. The number of hydrogen-bond acceptors (Lipinski definition) is 18. The van der Waals surface area contributed by atoms with Gasteiger partial charge in [-0.1, -0.05) is 77.3 Å². The molecular formula is C56H98N16O13. The second kappa shape index (κ2) is 39.7. The Kier molecular flexibility index (Phi) is 34.6. The van der Waals surface area contributed by atoms with Gasteiger partial charge in [-0.25, -0.2) is 0 Å². The van der Waals surface area contributed by atoms with Crippen molar-refractivity contribution in [3.05, 3.63) is 35.9 Å². The molecule has 13 atom stereocenters. The Hall–Kier alpha value is -6.89. The van der Waals surface area contributed by atoms with Crippen LogP contribution in [-0.2, 0) is 59.2 Å². The van der Waals surface area contributed by atoms with Gasteiger partial charge in [-0.3, -0.25) is 52.7 Å². The number of carbonyl (C=O) groups is 11. The summed E-state index contributed by atoms with van der Waals surface area (Å²) < 4.78 is 0. The van der Waals surface area contributed by atoms with Gasteiger partial charge >= 0.3 is 0 Å². The minimum absolute atomic E-state index is 0.0173. The topological polar surface area (TPSA) is 491 Å². The molecule has 1 aromatic rings. The van der Waals surface area contributed by atoms with Gasteiger partial charge in [0.1, 0.15) is 60.4 Å². The highest BCUT2D eigenvalue weighted by atomic mass is 16.3. The summed E-state index contributed by atoms with van der Waals surface area (Å²) in [6.45, 7) is 9.00. The molecule has 29 nitrogen and oxygen atoms in total. The number of nitrogens with one attached hydrogen (secondary N) is 11. The Morgan fingerprint density at radius 2 is 1.06 bits per heavy atom. The first-order valence-corrected chi connectivity index (χ1v) is 29.5. The Morgan fingerprint density at radius 3 is 1.56 bits per heavy atom. The maximum atomic E-state index is 14.5. The lowest BCUT2D eigenvalue weighted by atomic mass is 10.00. The molecule has 0 spiro atoms. The van der Waals surface area contributed by atoms with Gasteiger partial charge in [0.2, 0.25) is 65.0 Å². The fraction of sp³-hybridized carbons (Fsp3) is 0.696. The Balaban J connectivity index is 2.67. The smallest absolute Gasteiger partial charge is 0.245 e. The van der Waals surface area contributed by atoms with E-state index in [1.165, 1.54) is 13.8 Å². The van der Waals surface area contributed by atoms with E-state index in [1.54, 1.807) is 44.2 Å². The maximum absolute atomic E-state index is 14.5. The zero-order chi connectivity index (χ0) is 63.8. The standard InChI is InChI=1S/C56H98N16O13/c1-7-32(4)13-11-12-16-44(75)63-36(17-23-57)51(80)72-46(34(6)74)56(85)68-39(20-26-60)48(77)67-41-22-28-62-55(84)45(33(5)73)71-52(81)40(21-27-61)65-47(76)37(18-24-58)66-53(82)42(29-31(2)3)69-54(83)43(30-35-14-9-8-10-15-35)70-49(78)38(19-25-59)64-50(41)79/h8-10,14-15,31-34,36-43,45-46,73-74H,7,11-13,16-30,57-61H2,1-6H3,(H,62,84)(H,63,75)(H,64,79)(H,65,76)(H,66,82)(H,67,77)(H,68,85)(H,69,83)(H,70,78)(H,71,81)(H,72,80). The van der Waals surface area contributed by atoms with Crippen LogP contribution in [0, 0.1) is 11.8 Å². The van der Waals surface area contributed by atoms with Crippen LogP contribution in [0.15, 0.2) is 30.3 Å². The zero-order valence-corrected chi connectivity index (χ0v) is 50.2. The molecule has 85 heavy (non-hydrogen) atoms. The van der Waals surface area contributed by atoms with Crippen molar-refractivity contribution in [3.63, 3.8) is 0 Å². The molecule has 11 amide bonds. The summed E-state index contributed by atoms with van der Waals surface area (Å²) in [5.74, 6) is -9.45. The molecular weight excluding hydrogens is 1100 g/mol. The molecule has 1 aliphatic rings. The second-order valence-corrected chi connectivity index (χ2v) is 22.0. The summed E-state index contributed by atoms with van der Waals surface area (Å²) in [6, 6.07) is -6.23. The van der Waals surface area contributed by atoms with Crippen molar-refractivity contribution in [1.29, 1.82) is 0 Å². The van der Waals surface area contributed by atoms with Crippen LogP contribution < -0.4 is 87.2 Å². The van der Waals surface area contributed by atoms with Gasteiger partial charge in [0.05, 0.1) is 12.2 Å². The number of nitrogens with two attached hydrogens (primary N) is 5. The Morgan fingerprint density at radius 1 is 0.565 bits per heavy atom. The van der Waals surface area contributed by atoms with Crippen molar-refractivity contribution in [2.45, 2.75) is 198 Å². The molecule has 1 heterocycles. The van der Waals surface area contributed by atoms with Crippen LogP contribution in [0.3, 0.4) is 0 Å². The third-order valence-electron chi connectivity index (χ3n) is 14.3. The van der Waals surface area contributed by atoms with E-state index in [0.717, 1.165) is 19.3 Å². The van der Waals surface area contributed by atoms with E-state index in [1.807, 2.05) is 0 Å².